The molecule has 0 heterocycles. The van der Waals surface area contributed by atoms with Crippen LogP contribution in [0, 0.1) is 5.82 Å². The molecule has 18 heavy (non-hydrogen) atoms. The summed E-state index contributed by atoms with van der Waals surface area (Å²) in [4.78, 5) is 22.6. The van der Waals surface area contributed by atoms with Crippen LogP contribution in [-0.2, 0) is 4.79 Å². The molecule has 0 radical (unpaired) electrons. The van der Waals surface area contributed by atoms with E-state index in [-0.39, 0.29) is 12.1 Å². The Labute approximate surface area is 104 Å². The zero-order chi connectivity index (χ0) is 13.8. The largest absolute Gasteiger partial charge is 0.480 e. The van der Waals surface area contributed by atoms with Crippen molar-refractivity contribution in [2.75, 3.05) is 5.32 Å². The highest BCUT2D eigenvalue weighted by Gasteiger charge is 2.32. The number of nitrogens with one attached hydrogen (secondary N) is 2. The number of anilines is 1. The minimum Gasteiger partial charge on any atom is -0.480 e. The smallest absolute Gasteiger partial charge is 0.329 e. The summed E-state index contributed by atoms with van der Waals surface area (Å²) >= 11 is 0. The second-order valence-corrected chi connectivity index (χ2v) is 4.08. The first-order valence-electron chi connectivity index (χ1n) is 5.45. The average molecular weight is 254 g/mol. The van der Waals surface area contributed by atoms with E-state index in [1.54, 1.807) is 6.92 Å². The summed E-state index contributed by atoms with van der Waals surface area (Å²) in [5.74, 6) is -1.61. The number of hydrogen-bond acceptors (Lipinski definition) is 2. The third-order valence-corrected chi connectivity index (χ3v) is 2.65. The van der Waals surface area contributed by atoms with Crippen molar-refractivity contribution in [2.24, 2.45) is 0 Å². The van der Waals surface area contributed by atoms with Crippen LogP contribution in [0.25, 0.3) is 0 Å². The maximum absolute atomic E-state index is 12.9. The lowest BCUT2D eigenvalue weighted by atomic mass is 10.00. The highest BCUT2D eigenvalue weighted by Crippen LogP contribution is 2.12. The number of hydrogen-bond donors (Lipinski definition) is 3. The van der Waals surface area contributed by atoms with E-state index in [0.29, 0.717) is 0 Å². The summed E-state index contributed by atoms with van der Waals surface area (Å²) in [7, 11) is 0. The van der Waals surface area contributed by atoms with Gasteiger partial charge in [-0.25, -0.2) is 14.0 Å². The van der Waals surface area contributed by atoms with Crippen molar-refractivity contribution >= 4 is 17.7 Å². The summed E-state index contributed by atoms with van der Waals surface area (Å²) in [5, 5.41) is 13.7. The highest BCUT2D eigenvalue weighted by atomic mass is 19.1. The van der Waals surface area contributed by atoms with E-state index in [1.807, 2.05) is 0 Å². The van der Waals surface area contributed by atoms with Gasteiger partial charge in [0.05, 0.1) is 0 Å². The van der Waals surface area contributed by atoms with Gasteiger partial charge < -0.3 is 15.7 Å². The number of carboxylic acid groups (broad SMARTS) is 1. The molecule has 1 aromatic rings. The van der Waals surface area contributed by atoms with E-state index in [9.17, 15) is 14.0 Å². The number of benzene rings is 1. The molecule has 0 aliphatic heterocycles. The van der Waals surface area contributed by atoms with Gasteiger partial charge in [-0.05, 0) is 31.5 Å². The van der Waals surface area contributed by atoms with E-state index >= 15 is 0 Å². The van der Waals surface area contributed by atoms with E-state index in [1.165, 1.54) is 25.1 Å². The van der Waals surface area contributed by atoms with Crippen molar-refractivity contribution in [3.63, 3.8) is 0 Å². The van der Waals surface area contributed by atoms with Crippen LogP contribution in [-0.4, -0.2) is 22.6 Å². The molecule has 1 rings (SSSR count). The van der Waals surface area contributed by atoms with Gasteiger partial charge in [-0.15, -0.1) is 0 Å². The highest BCUT2D eigenvalue weighted by molar-refractivity contribution is 5.93. The SMILES string of the molecule is CC[C@@](C)(NC(=O)Nc1cccc(F)c1)C(=O)O. The Bertz CT molecular complexity index is 464. The Morgan fingerprint density at radius 1 is 1.44 bits per heavy atom. The van der Waals surface area contributed by atoms with Crippen molar-refractivity contribution in [1.82, 2.24) is 5.32 Å². The molecular formula is C12H15FN2O3. The van der Waals surface area contributed by atoms with Gasteiger partial charge in [-0.2, -0.15) is 0 Å². The first kappa shape index (κ1) is 14.0. The van der Waals surface area contributed by atoms with Crippen LogP contribution in [0.2, 0.25) is 0 Å². The van der Waals surface area contributed by atoms with Gasteiger partial charge in [-0.1, -0.05) is 13.0 Å². The summed E-state index contributed by atoms with van der Waals surface area (Å²) in [6.45, 7) is 3.05. The van der Waals surface area contributed by atoms with E-state index in [4.69, 9.17) is 5.11 Å². The van der Waals surface area contributed by atoms with E-state index in [0.717, 1.165) is 6.07 Å². The number of amides is 2. The number of rotatable bonds is 4. The number of halogens is 1. The Balaban J connectivity index is 2.70. The van der Waals surface area contributed by atoms with Gasteiger partial charge in [0, 0.05) is 5.69 Å². The zero-order valence-corrected chi connectivity index (χ0v) is 10.2. The van der Waals surface area contributed by atoms with Gasteiger partial charge in [0.1, 0.15) is 11.4 Å². The van der Waals surface area contributed by atoms with Crippen LogP contribution in [0.15, 0.2) is 24.3 Å². The first-order chi connectivity index (χ1) is 8.37. The average Bonchev–Trinajstić information content (AvgIpc) is 2.28. The Kier molecular flexibility index (Phi) is 4.25. The second-order valence-electron chi connectivity index (χ2n) is 4.08. The standard InChI is InChI=1S/C12H15FN2O3/c1-3-12(2,10(16)17)15-11(18)14-9-6-4-5-8(13)7-9/h4-7H,3H2,1-2H3,(H,16,17)(H2,14,15,18)/t12-/m1/s1. The molecule has 0 unspecified atom stereocenters. The number of carboxylic acids is 1. The topological polar surface area (TPSA) is 78.4 Å². The van der Waals surface area contributed by atoms with Crippen molar-refractivity contribution in [2.45, 2.75) is 25.8 Å². The maximum Gasteiger partial charge on any atom is 0.329 e. The molecule has 0 fully saturated rings. The third kappa shape index (κ3) is 3.44. The Morgan fingerprint density at radius 2 is 2.11 bits per heavy atom. The minimum absolute atomic E-state index is 0.235. The van der Waals surface area contributed by atoms with E-state index in [2.05, 4.69) is 10.6 Å². The van der Waals surface area contributed by atoms with Gasteiger partial charge in [-0.3, -0.25) is 0 Å². The van der Waals surface area contributed by atoms with Gasteiger partial charge in [0.2, 0.25) is 0 Å². The fourth-order valence-corrected chi connectivity index (χ4v) is 1.27. The molecule has 0 spiro atoms. The Hall–Kier alpha value is -2.11. The Morgan fingerprint density at radius 3 is 2.61 bits per heavy atom. The van der Waals surface area contributed by atoms with Crippen LogP contribution in [0.3, 0.4) is 0 Å². The normalized spacial score (nSPS) is 13.5. The number of aliphatic carboxylic acids is 1. The first-order valence-corrected chi connectivity index (χ1v) is 5.45. The van der Waals surface area contributed by atoms with Crippen LogP contribution >= 0.6 is 0 Å². The van der Waals surface area contributed by atoms with Crippen molar-refractivity contribution in [3.8, 4) is 0 Å². The van der Waals surface area contributed by atoms with Crippen molar-refractivity contribution in [1.29, 1.82) is 0 Å². The fraction of sp³-hybridized carbons (Fsp3) is 0.333. The molecule has 0 bridgehead atoms. The number of urea groups is 1. The molecule has 3 N–H and O–H groups in total. The van der Waals surface area contributed by atoms with Crippen LogP contribution in [0.1, 0.15) is 20.3 Å². The molecule has 0 aromatic heterocycles. The quantitative estimate of drug-likeness (QED) is 0.770. The molecule has 2 amide bonds. The van der Waals surface area contributed by atoms with Gasteiger partial charge >= 0.3 is 12.0 Å². The molecule has 0 aliphatic rings. The minimum atomic E-state index is -1.35. The fourth-order valence-electron chi connectivity index (χ4n) is 1.27. The second kappa shape index (κ2) is 5.48. The van der Waals surface area contributed by atoms with Crippen LogP contribution < -0.4 is 10.6 Å². The van der Waals surface area contributed by atoms with Crippen LogP contribution in [0.4, 0.5) is 14.9 Å². The number of carbonyl (C=O) groups is 2. The third-order valence-electron chi connectivity index (χ3n) is 2.65. The molecular weight excluding hydrogens is 239 g/mol. The van der Waals surface area contributed by atoms with E-state index < -0.39 is 23.4 Å². The predicted molar refractivity (Wildman–Crippen MR) is 64.9 cm³/mol. The lowest BCUT2D eigenvalue weighted by Gasteiger charge is -2.24. The summed E-state index contributed by atoms with van der Waals surface area (Å²) in [5.41, 5.74) is -1.09. The summed E-state index contributed by atoms with van der Waals surface area (Å²) < 4.78 is 12.9. The number of carbonyl (C=O) groups excluding carboxylic acids is 1. The molecule has 0 saturated heterocycles. The molecule has 5 nitrogen and oxygen atoms in total. The summed E-state index contributed by atoms with van der Waals surface area (Å²) in [6, 6.07) is 4.65. The maximum atomic E-state index is 12.9. The molecule has 6 heteroatoms. The summed E-state index contributed by atoms with van der Waals surface area (Å²) in [6.07, 6.45) is 0.235. The lowest BCUT2D eigenvalue weighted by molar-refractivity contribution is -0.143. The molecule has 1 atom stereocenters. The van der Waals surface area contributed by atoms with Gasteiger partial charge in [0.15, 0.2) is 0 Å². The molecule has 0 aliphatic carbocycles. The molecule has 0 saturated carbocycles. The monoisotopic (exact) mass is 254 g/mol. The lowest BCUT2D eigenvalue weighted by Crippen LogP contribution is -2.53. The molecule has 1 aromatic carbocycles. The van der Waals surface area contributed by atoms with Crippen molar-refractivity contribution < 1.29 is 19.1 Å². The van der Waals surface area contributed by atoms with Gasteiger partial charge in [0.25, 0.3) is 0 Å². The zero-order valence-electron chi connectivity index (χ0n) is 10.2. The van der Waals surface area contributed by atoms with Crippen molar-refractivity contribution in [3.05, 3.63) is 30.1 Å². The predicted octanol–water partition coefficient (Wildman–Crippen LogP) is 2.20. The molecule has 98 valence electrons. The van der Waals surface area contributed by atoms with Crippen LogP contribution in [0.5, 0.6) is 0 Å².